The molecule has 1 saturated heterocycles. The fourth-order valence-corrected chi connectivity index (χ4v) is 4.24. The Bertz CT molecular complexity index is 1180. The van der Waals surface area contributed by atoms with Crippen LogP contribution in [0.2, 0.25) is 0 Å². The third kappa shape index (κ3) is 6.66. The van der Waals surface area contributed by atoms with Gasteiger partial charge in [0.2, 0.25) is 0 Å². The molecule has 0 atom stereocenters. The van der Waals surface area contributed by atoms with Gasteiger partial charge in [-0.25, -0.2) is 4.79 Å². The average Bonchev–Trinajstić information content (AvgIpc) is 2.95. The predicted molar refractivity (Wildman–Crippen MR) is 146 cm³/mol. The number of amides is 1. The number of methoxy groups -OCH3 is 5. The second kappa shape index (κ2) is 13.0. The SMILES string of the molecule is COC(=O)C(=C(/C)c1cc(OC)cc(OC)c1)/C(=C\c1cc(OC)cc(OC)c1)C(=O)N1CCN(C)CC1. The molecule has 0 spiro atoms. The van der Waals surface area contributed by atoms with Crippen LogP contribution in [0, 0.1) is 0 Å². The number of rotatable bonds is 9. The van der Waals surface area contributed by atoms with E-state index in [1.54, 1.807) is 82.7 Å². The predicted octanol–water partition coefficient (Wildman–Crippen LogP) is 3.53. The number of hydrogen-bond donors (Lipinski definition) is 0. The maximum Gasteiger partial charge on any atom is 0.338 e. The number of ether oxygens (including phenoxy) is 5. The molecule has 204 valence electrons. The first-order valence-corrected chi connectivity index (χ1v) is 12.2. The van der Waals surface area contributed by atoms with Crippen LogP contribution < -0.4 is 18.9 Å². The van der Waals surface area contributed by atoms with Crippen molar-refractivity contribution in [2.24, 2.45) is 0 Å². The van der Waals surface area contributed by atoms with Crippen molar-refractivity contribution < 1.29 is 33.3 Å². The van der Waals surface area contributed by atoms with Gasteiger partial charge in [0.05, 0.1) is 46.7 Å². The molecule has 1 fully saturated rings. The van der Waals surface area contributed by atoms with Gasteiger partial charge in [0.25, 0.3) is 5.91 Å². The van der Waals surface area contributed by atoms with Crippen molar-refractivity contribution in [3.8, 4) is 23.0 Å². The van der Waals surface area contributed by atoms with Crippen LogP contribution >= 0.6 is 0 Å². The van der Waals surface area contributed by atoms with E-state index in [1.165, 1.54) is 7.11 Å². The van der Waals surface area contributed by atoms with E-state index in [2.05, 4.69) is 4.90 Å². The minimum Gasteiger partial charge on any atom is -0.497 e. The third-order valence-corrected chi connectivity index (χ3v) is 6.52. The summed E-state index contributed by atoms with van der Waals surface area (Å²) in [6.45, 7) is 4.31. The minimum absolute atomic E-state index is 0.147. The summed E-state index contributed by atoms with van der Waals surface area (Å²) < 4.78 is 26.9. The highest BCUT2D eigenvalue weighted by Crippen LogP contribution is 2.33. The molecule has 0 aromatic heterocycles. The number of hydrogen-bond acceptors (Lipinski definition) is 8. The highest BCUT2D eigenvalue weighted by atomic mass is 16.5. The van der Waals surface area contributed by atoms with Crippen LogP contribution in [0.3, 0.4) is 0 Å². The first-order chi connectivity index (χ1) is 18.2. The zero-order valence-electron chi connectivity index (χ0n) is 23.1. The molecule has 9 heteroatoms. The van der Waals surface area contributed by atoms with Gasteiger partial charge >= 0.3 is 5.97 Å². The smallest absolute Gasteiger partial charge is 0.338 e. The molecule has 1 heterocycles. The van der Waals surface area contributed by atoms with Crippen LogP contribution in [0.1, 0.15) is 18.1 Å². The van der Waals surface area contributed by atoms with Crippen molar-refractivity contribution in [1.82, 2.24) is 9.80 Å². The third-order valence-electron chi connectivity index (χ3n) is 6.52. The van der Waals surface area contributed by atoms with E-state index in [-0.39, 0.29) is 17.1 Å². The topological polar surface area (TPSA) is 86.8 Å². The van der Waals surface area contributed by atoms with Crippen LogP contribution in [-0.4, -0.2) is 90.5 Å². The van der Waals surface area contributed by atoms with E-state index in [0.29, 0.717) is 52.8 Å². The highest BCUT2D eigenvalue weighted by molar-refractivity contribution is 6.16. The Morgan fingerprint density at radius 3 is 1.66 bits per heavy atom. The molecular weight excluding hydrogens is 488 g/mol. The number of piperazine rings is 1. The molecule has 2 aromatic rings. The number of benzene rings is 2. The van der Waals surface area contributed by atoms with Crippen molar-refractivity contribution in [2.75, 3.05) is 68.8 Å². The first-order valence-electron chi connectivity index (χ1n) is 12.2. The van der Waals surface area contributed by atoms with Crippen molar-refractivity contribution in [1.29, 1.82) is 0 Å². The molecule has 9 nitrogen and oxygen atoms in total. The summed E-state index contributed by atoms with van der Waals surface area (Å²) in [6, 6.07) is 10.6. The van der Waals surface area contributed by atoms with Crippen LogP contribution in [0.15, 0.2) is 47.5 Å². The fourth-order valence-electron chi connectivity index (χ4n) is 4.24. The highest BCUT2D eigenvalue weighted by Gasteiger charge is 2.30. The Balaban J connectivity index is 2.29. The van der Waals surface area contributed by atoms with Crippen LogP contribution in [0.5, 0.6) is 23.0 Å². The number of likely N-dealkylation sites (N-methyl/N-ethyl adjacent to an activating group) is 1. The molecular formula is C29H36N2O7. The number of allylic oxidation sites excluding steroid dienone is 1. The molecule has 0 saturated carbocycles. The van der Waals surface area contributed by atoms with Gasteiger partial charge in [-0.1, -0.05) is 0 Å². The average molecular weight is 525 g/mol. The summed E-state index contributed by atoms with van der Waals surface area (Å²) in [5.74, 6) is 1.31. The minimum atomic E-state index is -0.632. The molecule has 0 aliphatic carbocycles. The Morgan fingerprint density at radius 1 is 0.737 bits per heavy atom. The maximum atomic E-state index is 14.0. The standard InChI is InChI=1S/C29H36N2O7/c1-19(21-15-24(36-5)18-25(16-21)37-6)27(29(33)38-7)26(28(32)31-10-8-30(2)9-11-31)14-20-12-22(34-3)17-23(13-20)35-4/h12-18H,8-11H2,1-7H3/b26-14+,27-19-. The number of carbonyl (C=O) groups excluding carboxylic acids is 2. The van der Waals surface area contributed by atoms with Gasteiger partial charge in [0.1, 0.15) is 23.0 Å². The largest absolute Gasteiger partial charge is 0.497 e. The van der Waals surface area contributed by atoms with E-state index in [4.69, 9.17) is 23.7 Å². The van der Waals surface area contributed by atoms with E-state index >= 15 is 0 Å². The molecule has 0 bridgehead atoms. The Labute approximate surface area is 224 Å². The summed E-state index contributed by atoms with van der Waals surface area (Å²) in [7, 11) is 9.53. The van der Waals surface area contributed by atoms with Gasteiger partial charge in [0.15, 0.2) is 0 Å². The van der Waals surface area contributed by atoms with E-state index in [1.807, 2.05) is 7.05 Å². The maximum absolute atomic E-state index is 14.0. The summed E-state index contributed by atoms with van der Waals surface area (Å²) >= 11 is 0. The lowest BCUT2D eigenvalue weighted by Crippen LogP contribution is -2.48. The molecule has 1 aliphatic heterocycles. The van der Waals surface area contributed by atoms with Crippen LogP contribution in [0.4, 0.5) is 0 Å². The lowest BCUT2D eigenvalue weighted by atomic mass is 9.92. The number of esters is 1. The van der Waals surface area contributed by atoms with Crippen molar-refractivity contribution in [3.63, 3.8) is 0 Å². The molecule has 0 N–H and O–H groups in total. The lowest BCUT2D eigenvalue weighted by molar-refractivity contribution is -0.137. The monoisotopic (exact) mass is 524 g/mol. The van der Waals surface area contributed by atoms with Gasteiger partial charge in [-0.2, -0.15) is 0 Å². The molecule has 38 heavy (non-hydrogen) atoms. The fraction of sp³-hybridized carbons (Fsp3) is 0.379. The summed E-state index contributed by atoms with van der Waals surface area (Å²) in [6.07, 6.45) is 1.68. The summed E-state index contributed by atoms with van der Waals surface area (Å²) in [4.78, 5) is 31.3. The van der Waals surface area contributed by atoms with Gasteiger partial charge in [-0.15, -0.1) is 0 Å². The summed E-state index contributed by atoms with van der Waals surface area (Å²) in [5, 5.41) is 0. The quantitative estimate of drug-likeness (QED) is 0.280. The Hall–Kier alpha value is -3.98. The van der Waals surface area contributed by atoms with Gasteiger partial charge in [0, 0.05) is 38.3 Å². The van der Waals surface area contributed by atoms with E-state index in [0.717, 1.165) is 13.1 Å². The second-order valence-corrected chi connectivity index (χ2v) is 8.89. The molecule has 1 amide bonds. The van der Waals surface area contributed by atoms with Crippen LogP contribution in [0.25, 0.3) is 11.6 Å². The van der Waals surface area contributed by atoms with Gasteiger partial charge < -0.3 is 33.5 Å². The lowest BCUT2D eigenvalue weighted by Gasteiger charge is -2.33. The Kier molecular flexibility index (Phi) is 9.78. The molecule has 2 aromatic carbocycles. The first kappa shape index (κ1) is 28.6. The van der Waals surface area contributed by atoms with Gasteiger partial charge in [-0.05, 0) is 61.0 Å². The molecule has 1 aliphatic rings. The van der Waals surface area contributed by atoms with Crippen molar-refractivity contribution in [3.05, 3.63) is 58.7 Å². The second-order valence-electron chi connectivity index (χ2n) is 8.89. The van der Waals surface area contributed by atoms with E-state index < -0.39 is 5.97 Å². The van der Waals surface area contributed by atoms with Crippen molar-refractivity contribution in [2.45, 2.75) is 6.92 Å². The summed E-state index contributed by atoms with van der Waals surface area (Å²) in [5.41, 5.74) is 2.18. The van der Waals surface area contributed by atoms with Crippen LogP contribution in [-0.2, 0) is 14.3 Å². The number of carbonyl (C=O) groups is 2. The zero-order chi connectivity index (χ0) is 27.8. The number of nitrogens with zero attached hydrogens (tertiary/aromatic N) is 2. The molecule has 0 radical (unpaired) electrons. The molecule has 0 unspecified atom stereocenters. The van der Waals surface area contributed by atoms with E-state index in [9.17, 15) is 9.59 Å². The molecule has 3 rings (SSSR count). The van der Waals surface area contributed by atoms with Crippen molar-refractivity contribution >= 4 is 23.5 Å². The van der Waals surface area contributed by atoms with Gasteiger partial charge in [-0.3, -0.25) is 4.79 Å². The Morgan fingerprint density at radius 2 is 1.21 bits per heavy atom. The normalized spacial score (nSPS) is 14.9. The zero-order valence-corrected chi connectivity index (χ0v) is 23.1.